The van der Waals surface area contributed by atoms with E-state index in [1.165, 1.54) is 0 Å². The summed E-state index contributed by atoms with van der Waals surface area (Å²) >= 11 is 0. The van der Waals surface area contributed by atoms with Crippen molar-refractivity contribution in [2.75, 3.05) is 26.7 Å². The Morgan fingerprint density at radius 2 is 1.78 bits per heavy atom. The Kier molecular flexibility index (Phi) is 7.29. The SMILES string of the molecule is CC(C)CNCC(C)CN(C)C(=O)OC(C)(C)C. The zero-order valence-corrected chi connectivity index (χ0v) is 13.0. The molecule has 0 aromatic carbocycles. The van der Waals surface area contributed by atoms with Crippen molar-refractivity contribution in [3.63, 3.8) is 0 Å². The van der Waals surface area contributed by atoms with Crippen molar-refractivity contribution in [1.82, 2.24) is 10.2 Å². The average Bonchev–Trinajstić information content (AvgIpc) is 2.13. The molecule has 0 spiro atoms. The Morgan fingerprint density at radius 1 is 1.22 bits per heavy atom. The van der Waals surface area contributed by atoms with Crippen molar-refractivity contribution in [2.24, 2.45) is 11.8 Å². The third-order valence-corrected chi connectivity index (χ3v) is 2.34. The van der Waals surface area contributed by atoms with Gasteiger partial charge in [-0.15, -0.1) is 0 Å². The van der Waals surface area contributed by atoms with Gasteiger partial charge in [-0.1, -0.05) is 20.8 Å². The average molecular weight is 258 g/mol. The Balaban J connectivity index is 3.92. The van der Waals surface area contributed by atoms with E-state index in [2.05, 4.69) is 26.1 Å². The van der Waals surface area contributed by atoms with Crippen molar-refractivity contribution < 1.29 is 9.53 Å². The van der Waals surface area contributed by atoms with Crippen LogP contribution in [-0.2, 0) is 4.74 Å². The van der Waals surface area contributed by atoms with Crippen molar-refractivity contribution in [2.45, 2.75) is 47.1 Å². The highest BCUT2D eigenvalue weighted by Crippen LogP contribution is 2.10. The predicted molar refractivity (Wildman–Crippen MR) is 75.7 cm³/mol. The highest BCUT2D eigenvalue weighted by Gasteiger charge is 2.20. The van der Waals surface area contributed by atoms with Gasteiger partial charge in [0.25, 0.3) is 0 Å². The van der Waals surface area contributed by atoms with Crippen LogP contribution in [0.4, 0.5) is 4.79 Å². The molecule has 1 amide bonds. The van der Waals surface area contributed by atoms with Gasteiger partial charge in [0, 0.05) is 13.6 Å². The molecule has 0 aromatic rings. The molecule has 1 unspecified atom stereocenters. The molecule has 0 rings (SSSR count). The van der Waals surface area contributed by atoms with Crippen molar-refractivity contribution in [3.05, 3.63) is 0 Å². The van der Waals surface area contributed by atoms with Gasteiger partial charge in [0.2, 0.25) is 0 Å². The van der Waals surface area contributed by atoms with Crippen molar-refractivity contribution in [3.8, 4) is 0 Å². The molecule has 4 nitrogen and oxygen atoms in total. The van der Waals surface area contributed by atoms with Crippen LogP contribution in [0, 0.1) is 11.8 Å². The lowest BCUT2D eigenvalue weighted by Crippen LogP contribution is -2.38. The lowest BCUT2D eigenvalue weighted by molar-refractivity contribution is 0.0277. The zero-order valence-electron chi connectivity index (χ0n) is 13.0. The minimum absolute atomic E-state index is 0.252. The standard InChI is InChI=1S/C14H30N2O2/c1-11(2)8-15-9-12(3)10-16(7)13(17)18-14(4,5)6/h11-12,15H,8-10H2,1-7H3. The van der Waals surface area contributed by atoms with E-state index in [0.717, 1.165) is 13.1 Å². The Bertz CT molecular complexity index is 247. The van der Waals surface area contributed by atoms with Gasteiger partial charge in [-0.05, 0) is 45.7 Å². The zero-order chi connectivity index (χ0) is 14.3. The first-order valence-electron chi connectivity index (χ1n) is 6.76. The third kappa shape index (κ3) is 9.28. The van der Waals surface area contributed by atoms with E-state index in [1.807, 2.05) is 20.8 Å². The maximum atomic E-state index is 11.8. The number of rotatable bonds is 6. The largest absolute Gasteiger partial charge is 0.444 e. The van der Waals surface area contributed by atoms with Gasteiger partial charge in [-0.25, -0.2) is 4.79 Å². The van der Waals surface area contributed by atoms with Crippen LogP contribution in [0.25, 0.3) is 0 Å². The van der Waals surface area contributed by atoms with Gasteiger partial charge < -0.3 is 15.0 Å². The Morgan fingerprint density at radius 3 is 2.22 bits per heavy atom. The summed E-state index contributed by atoms with van der Waals surface area (Å²) in [6.07, 6.45) is -0.252. The van der Waals surface area contributed by atoms with Crippen LogP contribution in [0.1, 0.15) is 41.5 Å². The van der Waals surface area contributed by atoms with E-state index >= 15 is 0 Å². The van der Waals surface area contributed by atoms with Gasteiger partial charge in [0.05, 0.1) is 0 Å². The number of ether oxygens (including phenoxy) is 1. The molecule has 0 aromatic heterocycles. The number of amides is 1. The van der Waals surface area contributed by atoms with E-state index in [4.69, 9.17) is 4.74 Å². The van der Waals surface area contributed by atoms with Gasteiger partial charge in [-0.3, -0.25) is 0 Å². The third-order valence-electron chi connectivity index (χ3n) is 2.34. The highest BCUT2D eigenvalue weighted by atomic mass is 16.6. The summed E-state index contributed by atoms with van der Waals surface area (Å²) in [5.41, 5.74) is -0.426. The molecule has 1 N–H and O–H groups in total. The van der Waals surface area contributed by atoms with E-state index in [9.17, 15) is 4.79 Å². The van der Waals surface area contributed by atoms with E-state index in [1.54, 1.807) is 11.9 Å². The molecular formula is C14H30N2O2. The summed E-state index contributed by atoms with van der Waals surface area (Å²) < 4.78 is 5.31. The normalized spacial score (nSPS) is 13.6. The molecule has 18 heavy (non-hydrogen) atoms. The first-order valence-corrected chi connectivity index (χ1v) is 6.76. The molecule has 0 aliphatic rings. The molecular weight excluding hydrogens is 228 g/mol. The van der Waals surface area contributed by atoms with Crippen LogP contribution in [0.15, 0.2) is 0 Å². The maximum absolute atomic E-state index is 11.8. The summed E-state index contributed by atoms with van der Waals surface area (Å²) in [4.78, 5) is 13.4. The number of hydrogen-bond donors (Lipinski definition) is 1. The van der Waals surface area contributed by atoms with Crippen LogP contribution < -0.4 is 5.32 Å². The predicted octanol–water partition coefficient (Wildman–Crippen LogP) is 2.74. The van der Waals surface area contributed by atoms with Crippen LogP contribution in [-0.4, -0.2) is 43.3 Å². The minimum Gasteiger partial charge on any atom is -0.444 e. The van der Waals surface area contributed by atoms with Crippen molar-refractivity contribution >= 4 is 6.09 Å². The lowest BCUT2D eigenvalue weighted by Gasteiger charge is -2.26. The molecule has 0 aliphatic carbocycles. The first-order chi connectivity index (χ1) is 8.11. The van der Waals surface area contributed by atoms with Gasteiger partial charge >= 0.3 is 6.09 Å². The lowest BCUT2D eigenvalue weighted by atomic mass is 10.1. The molecule has 4 heteroatoms. The molecule has 0 radical (unpaired) electrons. The van der Waals surface area contributed by atoms with Crippen LogP contribution in [0.5, 0.6) is 0 Å². The summed E-state index contributed by atoms with van der Waals surface area (Å²) in [6, 6.07) is 0. The fraction of sp³-hybridized carbons (Fsp3) is 0.929. The summed E-state index contributed by atoms with van der Waals surface area (Å²) in [5.74, 6) is 1.07. The molecule has 1 atom stereocenters. The molecule has 0 heterocycles. The molecule has 0 aliphatic heterocycles. The fourth-order valence-electron chi connectivity index (χ4n) is 1.56. The van der Waals surface area contributed by atoms with Gasteiger partial charge in [0.15, 0.2) is 0 Å². The number of carbonyl (C=O) groups excluding carboxylic acids is 1. The van der Waals surface area contributed by atoms with Gasteiger partial charge in [-0.2, -0.15) is 0 Å². The van der Waals surface area contributed by atoms with Gasteiger partial charge in [0.1, 0.15) is 5.60 Å². The molecule has 108 valence electrons. The Labute approximate surface area is 112 Å². The Hall–Kier alpha value is -0.770. The summed E-state index contributed by atoms with van der Waals surface area (Å²) in [6.45, 7) is 14.8. The fourth-order valence-corrected chi connectivity index (χ4v) is 1.56. The van der Waals surface area contributed by atoms with E-state index in [0.29, 0.717) is 18.4 Å². The molecule has 0 bridgehead atoms. The number of hydrogen-bond acceptors (Lipinski definition) is 3. The number of nitrogens with zero attached hydrogens (tertiary/aromatic N) is 1. The quantitative estimate of drug-likeness (QED) is 0.796. The first kappa shape index (κ1) is 17.2. The number of carbonyl (C=O) groups is 1. The monoisotopic (exact) mass is 258 g/mol. The van der Waals surface area contributed by atoms with E-state index in [-0.39, 0.29) is 6.09 Å². The van der Waals surface area contributed by atoms with Crippen LogP contribution >= 0.6 is 0 Å². The van der Waals surface area contributed by atoms with Crippen LogP contribution in [0.2, 0.25) is 0 Å². The molecule has 0 saturated heterocycles. The second-order valence-corrected chi connectivity index (χ2v) is 6.52. The summed E-state index contributed by atoms with van der Waals surface area (Å²) in [5, 5.41) is 3.40. The maximum Gasteiger partial charge on any atom is 0.410 e. The molecule has 0 fully saturated rings. The highest BCUT2D eigenvalue weighted by molar-refractivity contribution is 5.67. The van der Waals surface area contributed by atoms with Crippen molar-refractivity contribution in [1.29, 1.82) is 0 Å². The molecule has 0 saturated carbocycles. The minimum atomic E-state index is -0.426. The van der Waals surface area contributed by atoms with Crippen LogP contribution in [0.3, 0.4) is 0 Å². The topological polar surface area (TPSA) is 41.6 Å². The summed E-state index contributed by atoms with van der Waals surface area (Å²) in [7, 11) is 1.78. The second kappa shape index (κ2) is 7.62. The number of nitrogens with one attached hydrogen (secondary N) is 1. The van der Waals surface area contributed by atoms with E-state index < -0.39 is 5.60 Å². The smallest absolute Gasteiger partial charge is 0.410 e. The second-order valence-electron chi connectivity index (χ2n) is 6.52.